The molecule has 0 aromatic rings. The molecule has 1 fully saturated rings. The van der Waals surface area contributed by atoms with Crippen LogP contribution in [0.25, 0.3) is 0 Å². The lowest BCUT2D eigenvalue weighted by Crippen LogP contribution is -2.42. The van der Waals surface area contributed by atoms with E-state index < -0.39 is 12.0 Å². The monoisotopic (exact) mass is 200 g/mol. The summed E-state index contributed by atoms with van der Waals surface area (Å²) in [5.41, 5.74) is 0. The number of nitrogens with zero attached hydrogens (tertiary/aromatic N) is 1. The van der Waals surface area contributed by atoms with Gasteiger partial charge in [-0.1, -0.05) is 0 Å². The van der Waals surface area contributed by atoms with Crippen molar-refractivity contribution in [3.8, 4) is 0 Å². The maximum absolute atomic E-state index is 10.6. The topological polar surface area (TPSA) is 52.6 Å². The molecule has 0 spiro atoms. The van der Waals surface area contributed by atoms with Crippen LogP contribution in [0.4, 0.5) is 0 Å². The first-order chi connectivity index (χ1) is 6.59. The molecule has 0 radical (unpaired) electrons. The minimum atomic E-state index is -0.769. The Morgan fingerprint density at radius 2 is 2.43 bits per heavy atom. The third-order valence-corrected chi connectivity index (χ3v) is 2.81. The van der Waals surface area contributed by atoms with E-state index in [0.717, 1.165) is 13.1 Å². The molecule has 0 aromatic carbocycles. The van der Waals surface area contributed by atoms with Gasteiger partial charge in [-0.25, -0.2) is 0 Å². The van der Waals surface area contributed by atoms with Gasteiger partial charge >= 0.3 is 5.97 Å². The van der Waals surface area contributed by atoms with Gasteiger partial charge in [-0.05, 0) is 45.8 Å². The molecule has 1 heterocycles. The third-order valence-electron chi connectivity index (χ3n) is 2.81. The van der Waals surface area contributed by atoms with Crippen molar-refractivity contribution in [1.82, 2.24) is 10.2 Å². The smallest absolute Gasteiger partial charge is 0.320 e. The summed E-state index contributed by atoms with van der Waals surface area (Å²) < 4.78 is 0. The molecular weight excluding hydrogens is 180 g/mol. The predicted octanol–water partition coefficient (Wildman–Crippen LogP) is 0.391. The van der Waals surface area contributed by atoms with Crippen molar-refractivity contribution in [1.29, 1.82) is 0 Å². The molecule has 2 unspecified atom stereocenters. The van der Waals surface area contributed by atoms with Gasteiger partial charge in [0.2, 0.25) is 0 Å². The van der Waals surface area contributed by atoms with E-state index in [1.54, 1.807) is 6.92 Å². The van der Waals surface area contributed by atoms with Crippen LogP contribution in [0.5, 0.6) is 0 Å². The molecule has 1 aliphatic heterocycles. The highest BCUT2D eigenvalue weighted by atomic mass is 16.4. The summed E-state index contributed by atoms with van der Waals surface area (Å²) in [6.45, 7) is 4.76. The average molecular weight is 200 g/mol. The van der Waals surface area contributed by atoms with Gasteiger partial charge in [0.1, 0.15) is 6.04 Å². The van der Waals surface area contributed by atoms with Crippen LogP contribution in [-0.4, -0.2) is 48.7 Å². The minimum Gasteiger partial charge on any atom is -0.480 e. The van der Waals surface area contributed by atoms with Crippen LogP contribution < -0.4 is 5.32 Å². The van der Waals surface area contributed by atoms with E-state index in [-0.39, 0.29) is 0 Å². The summed E-state index contributed by atoms with van der Waals surface area (Å²) in [6, 6.07) is -0.428. The Bertz CT molecular complexity index is 197. The lowest BCUT2D eigenvalue weighted by molar-refractivity contribution is -0.139. The summed E-state index contributed by atoms with van der Waals surface area (Å²) in [7, 11) is 2.12. The van der Waals surface area contributed by atoms with Crippen LogP contribution in [0.2, 0.25) is 0 Å². The number of carboxylic acid groups (broad SMARTS) is 1. The van der Waals surface area contributed by atoms with E-state index in [1.807, 2.05) is 0 Å². The number of aliphatic carboxylic acids is 1. The van der Waals surface area contributed by atoms with Gasteiger partial charge in [0.05, 0.1) is 0 Å². The Labute approximate surface area is 85.3 Å². The fraction of sp³-hybridized carbons (Fsp3) is 0.900. The van der Waals surface area contributed by atoms with E-state index in [1.165, 1.54) is 19.4 Å². The van der Waals surface area contributed by atoms with Crippen molar-refractivity contribution in [2.75, 3.05) is 26.7 Å². The maximum atomic E-state index is 10.6. The number of carbonyl (C=O) groups is 1. The number of likely N-dealkylation sites (tertiary alicyclic amines) is 1. The zero-order chi connectivity index (χ0) is 10.6. The van der Waals surface area contributed by atoms with Crippen LogP contribution in [0.3, 0.4) is 0 Å². The number of carboxylic acids is 1. The molecule has 14 heavy (non-hydrogen) atoms. The van der Waals surface area contributed by atoms with E-state index >= 15 is 0 Å². The summed E-state index contributed by atoms with van der Waals surface area (Å²) in [4.78, 5) is 12.9. The maximum Gasteiger partial charge on any atom is 0.320 e. The second-order valence-corrected chi connectivity index (χ2v) is 4.24. The van der Waals surface area contributed by atoms with Gasteiger partial charge in [-0.2, -0.15) is 0 Å². The molecule has 0 amide bonds. The largest absolute Gasteiger partial charge is 0.480 e. The molecule has 0 aliphatic carbocycles. The van der Waals surface area contributed by atoms with Gasteiger partial charge in [-0.15, -0.1) is 0 Å². The SMILES string of the molecule is CC(NCC1CCCN(C)C1)C(=O)O. The first kappa shape index (κ1) is 11.5. The first-order valence-electron chi connectivity index (χ1n) is 5.24. The highest BCUT2D eigenvalue weighted by Gasteiger charge is 2.18. The normalized spacial score (nSPS) is 26.0. The number of piperidine rings is 1. The van der Waals surface area contributed by atoms with Gasteiger partial charge in [0.25, 0.3) is 0 Å². The van der Waals surface area contributed by atoms with Gasteiger partial charge in [0, 0.05) is 6.54 Å². The quantitative estimate of drug-likeness (QED) is 0.689. The number of hydrogen-bond donors (Lipinski definition) is 2. The Morgan fingerprint density at radius 3 is 3.00 bits per heavy atom. The highest BCUT2D eigenvalue weighted by Crippen LogP contribution is 2.13. The van der Waals surface area contributed by atoms with Crippen molar-refractivity contribution in [3.63, 3.8) is 0 Å². The fourth-order valence-electron chi connectivity index (χ4n) is 1.87. The van der Waals surface area contributed by atoms with Crippen LogP contribution in [0.15, 0.2) is 0 Å². The first-order valence-corrected chi connectivity index (χ1v) is 5.24. The zero-order valence-electron chi connectivity index (χ0n) is 8.99. The van der Waals surface area contributed by atoms with Crippen molar-refractivity contribution in [2.45, 2.75) is 25.8 Å². The standard InChI is InChI=1S/C10H20N2O2/c1-8(10(13)14)11-6-9-4-3-5-12(2)7-9/h8-9,11H,3-7H2,1-2H3,(H,13,14). The summed E-state index contributed by atoms with van der Waals surface area (Å²) in [5.74, 6) is -0.162. The number of rotatable bonds is 4. The molecule has 82 valence electrons. The Kier molecular flexibility index (Phi) is 4.35. The lowest BCUT2D eigenvalue weighted by Gasteiger charge is -2.30. The lowest BCUT2D eigenvalue weighted by atomic mass is 9.98. The Hall–Kier alpha value is -0.610. The predicted molar refractivity (Wildman–Crippen MR) is 55.3 cm³/mol. The minimum absolute atomic E-state index is 0.428. The van der Waals surface area contributed by atoms with E-state index in [4.69, 9.17) is 5.11 Å². The van der Waals surface area contributed by atoms with Crippen LogP contribution in [-0.2, 0) is 4.79 Å². The summed E-state index contributed by atoms with van der Waals surface area (Å²) >= 11 is 0. The zero-order valence-corrected chi connectivity index (χ0v) is 8.99. The van der Waals surface area contributed by atoms with Crippen molar-refractivity contribution in [3.05, 3.63) is 0 Å². The van der Waals surface area contributed by atoms with Gasteiger partial charge < -0.3 is 15.3 Å². The second kappa shape index (κ2) is 5.32. The third kappa shape index (κ3) is 3.64. The van der Waals surface area contributed by atoms with E-state index in [2.05, 4.69) is 17.3 Å². The summed E-state index contributed by atoms with van der Waals surface area (Å²) in [5, 5.41) is 11.7. The molecule has 2 atom stereocenters. The number of nitrogens with one attached hydrogen (secondary N) is 1. The molecule has 0 saturated carbocycles. The van der Waals surface area contributed by atoms with Gasteiger partial charge in [0.15, 0.2) is 0 Å². The molecule has 0 aromatic heterocycles. The molecular formula is C10H20N2O2. The molecule has 1 aliphatic rings. The van der Waals surface area contributed by atoms with E-state index in [9.17, 15) is 4.79 Å². The molecule has 2 N–H and O–H groups in total. The van der Waals surface area contributed by atoms with Crippen molar-refractivity contribution in [2.24, 2.45) is 5.92 Å². The fourth-order valence-corrected chi connectivity index (χ4v) is 1.87. The second-order valence-electron chi connectivity index (χ2n) is 4.24. The molecule has 1 rings (SSSR count). The van der Waals surface area contributed by atoms with E-state index in [0.29, 0.717) is 5.92 Å². The highest BCUT2D eigenvalue weighted by molar-refractivity contribution is 5.72. The van der Waals surface area contributed by atoms with Crippen molar-refractivity contribution < 1.29 is 9.90 Å². The Balaban J connectivity index is 2.20. The number of hydrogen-bond acceptors (Lipinski definition) is 3. The van der Waals surface area contributed by atoms with Crippen LogP contribution in [0, 0.1) is 5.92 Å². The molecule has 1 saturated heterocycles. The van der Waals surface area contributed by atoms with Crippen LogP contribution in [0.1, 0.15) is 19.8 Å². The molecule has 0 bridgehead atoms. The summed E-state index contributed by atoms with van der Waals surface area (Å²) in [6.07, 6.45) is 2.44. The van der Waals surface area contributed by atoms with Gasteiger partial charge in [-0.3, -0.25) is 4.79 Å². The Morgan fingerprint density at radius 1 is 1.71 bits per heavy atom. The van der Waals surface area contributed by atoms with Crippen LogP contribution >= 0.6 is 0 Å². The van der Waals surface area contributed by atoms with Crippen molar-refractivity contribution >= 4 is 5.97 Å². The molecule has 4 nitrogen and oxygen atoms in total. The average Bonchev–Trinajstić information content (AvgIpc) is 2.14. The molecule has 4 heteroatoms.